The number of hydrogen-bond donors (Lipinski definition) is 1. The lowest BCUT2D eigenvalue weighted by molar-refractivity contribution is 0.141. The lowest BCUT2D eigenvalue weighted by atomic mass is 10.1. The Morgan fingerprint density at radius 3 is 2.62 bits per heavy atom. The zero-order chi connectivity index (χ0) is 11.8. The van der Waals surface area contributed by atoms with Crippen LogP contribution in [0.15, 0.2) is 24.3 Å². The molecule has 0 radical (unpaired) electrons. The van der Waals surface area contributed by atoms with Crippen molar-refractivity contribution >= 4 is 5.69 Å². The van der Waals surface area contributed by atoms with Crippen LogP contribution in [0.2, 0.25) is 0 Å². The van der Waals surface area contributed by atoms with Crippen molar-refractivity contribution in [1.82, 2.24) is 0 Å². The molecule has 3 nitrogen and oxygen atoms in total. The number of nitrogens with zero attached hydrogens (tertiary/aromatic N) is 1. The molecular weight excluding hydrogens is 200 g/mol. The summed E-state index contributed by atoms with van der Waals surface area (Å²) in [5.41, 5.74) is 2.11. The second-order valence-corrected chi connectivity index (χ2v) is 3.74. The molecule has 0 aliphatic heterocycles. The van der Waals surface area contributed by atoms with Gasteiger partial charge in [0.1, 0.15) is 0 Å². The van der Waals surface area contributed by atoms with Crippen LogP contribution in [0.4, 0.5) is 5.69 Å². The molecule has 0 unspecified atom stereocenters. The van der Waals surface area contributed by atoms with E-state index in [1.165, 1.54) is 0 Å². The normalized spacial score (nSPS) is 11.8. The average molecular weight is 218 g/mol. The summed E-state index contributed by atoms with van der Waals surface area (Å²) >= 11 is 0. The molecule has 1 aromatic rings. The summed E-state index contributed by atoms with van der Waals surface area (Å²) in [7, 11) is 0. The molecule has 0 bridgehead atoms. The van der Waals surface area contributed by atoms with Crippen molar-refractivity contribution in [3.8, 4) is 6.07 Å². The summed E-state index contributed by atoms with van der Waals surface area (Å²) < 4.78 is 5.32. The molecule has 0 amide bonds. The minimum Gasteiger partial charge on any atom is -0.380 e. The van der Waals surface area contributed by atoms with Gasteiger partial charge in [0.2, 0.25) is 0 Å². The van der Waals surface area contributed by atoms with E-state index in [9.17, 15) is 0 Å². The fourth-order valence-electron chi connectivity index (χ4n) is 1.43. The van der Waals surface area contributed by atoms with Crippen LogP contribution in [-0.2, 0) is 11.2 Å². The summed E-state index contributed by atoms with van der Waals surface area (Å²) in [5.74, 6) is 0. The number of hydrogen-bond acceptors (Lipinski definition) is 3. The second kappa shape index (κ2) is 6.86. The van der Waals surface area contributed by atoms with Crippen molar-refractivity contribution in [3.05, 3.63) is 29.8 Å². The maximum absolute atomic E-state index is 8.55. The van der Waals surface area contributed by atoms with E-state index >= 15 is 0 Å². The van der Waals surface area contributed by atoms with Gasteiger partial charge in [-0.05, 0) is 31.5 Å². The molecule has 0 spiro atoms. The largest absolute Gasteiger partial charge is 0.380 e. The maximum Gasteiger partial charge on any atom is 0.0669 e. The molecular formula is C13H18N2O. The minimum atomic E-state index is 0.293. The van der Waals surface area contributed by atoms with E-state index < -0.39 is 0 Å². The molecule has 1 N–H and O–H groups in total. The maximum atomic E-state index is 8.55. The molecule has 3 heteroatoms. The summed E-state index contributed by atoms with van der Waals surface area (Å²) in [6.45, 7) is 5.52. The van der Waals surface area contributed by atoms with Gasteiger partial charge >= 0.3 is 0 Å². The van der Waals surface area contributed by atoms with Gasteiger partial charge in [0, 0.05) is 18.3 Å². The number of nitrogens with one attached hydrogen (secondary N) is 1. The van der Waals surface area contributed by atoms with E-state index in [-0.39, 0.29) is 0 Å². The summed E-state index contributed by atoms with van der Waals surface area (Å²) in [4.78, 5) is 0. The molecule has 0 heterocycles. The summed E-state index contributed by atoms with van der Waals surface area (Å²) in [6.07, 6.45) is 0.467. The van der Waals surface area contributed by atoms with Crippen LogP contribution >= 0.6 is 0 Å². The first-order chi connectivity index (χ1) is 7.76. The molecule has 0 aromatic heterocycles. The minimum absolute atomic E-state index is 0.293. The van der Waals surface area contributed by atoms with Gasteiger partial charge in [0.25, 0.3) is 0 Å². The Hall–Kier alpha value is -1.53. The van der Waals surface area contributed by atoms with Crippen molar-refractivity contribution in [3.63, 3.8) is 0 Å². The van der Waals surface area contributed by atoms with Crippen LogP contribution in [0.5, 0.6) is 0 Å². The number of nitriles is 1. The SMILES string of the molecule is CCOC[C@H](C)Nc1ccc(CC#N)cc1. The van der Waals surface area contributed by atoms with E-state index in [0.29, 0.717) is 19.1 Å². The first-order valence-corrected chi connectivity index (χ1v) is 5.56. The van der Waals surface area contributed by atoms with E-state index in [2.05, 4.69) is 18.3 Å². The average Bonchev–Trinajstić information content (AvgIpc) is 2.29. The van der Waals surface area contributed by atoms with Crippen molar-refractivity contribution in [2.75, 3.05) is 18.5 Å². The molecule has 1 atom stereocenters. The second-order valence-electron chi connectivity index (χ2n) is 3.74. The molecule has 86 valence electrons. The molecule has 0 saturated heterocycles. The van der Waals surface area contributed by atoms with E-state index in [1.807, 2.05) is 31.2 Å². The number of ether oxygens (including phenoxy) is 1. The predicted octanol–water partition coefficient (Wildman–Crippen LogP) is 2.59. The standard InChI is InChI=1S/C13H18N2O/c1-3-16-10-11(2)15-13-6-4-12(5-7-13)8-9-14/h4-7,11,15H,3,8,10H2,1-2H3/t11-/m0/s1. The molecule has 0 aliphatic carbocycles. The van der Waals surface area contributed by atoms with Crippen LogP contribution in [0.1, 0.15) is 19.4 Å². The van der Waals surface area contributed by atoms with Gasteiger partial charge in [-0.2, -0.15) is 5.26 Å². The highest BCUT2D eigenvalue weighted by Crippen LogP contribution is 2.11. The summed E-state index contributed by atoms with van der Waals surface area (Å²) in [6, 6.07) is 10.4. The Morgan fingerprint density at radius 1 is 1.38 bits per heavy atom. The van der Waals surface area contributed by atoms with Gasteiger partial charge < -0.3 is 10.1 Å². The molecule has 0 aliphatic rings. The Balaban J connectivity index is 2.45. The highest BCUT2D eigenvalue weighted by Gasteiger charge is 2.01. The smallest absolute Gasteiger partial charge is 0.0669 e. The van der Waals surface area contributed by atoms with Crippen molar-refractivity contribution in [2.24, 2.45) is 0 Å². The van der Waals surface area contributed by atoms with Crippen LogP contribution < -0.4 is 5.32 Å². The summed E-state index contributed by atoms with van der Waals surface area (Å²) in [5, 5.41) is 11.9. The quantitative estimate of drug-likeness (QED) is 0.798. The Bertz CT molecular complexity index is 340. The molecule has 1 aromatic carbocycles. The van der Waals surface area contributed by atoms with E-state index in [4.69, 9.17) is 10.00 Å². The molecule has 0 saturated carbocycles. The van der Waals surface area contributed by atoms with Gasteiger partial charge in [-0.1, -0.05) is 12.1 Å². The van der Waals surface area contributed by atoms with Crippen molar-refractivity contribution in [1.29, 1.82) is 5.26 Å². The third kappa shape index (κ3) is 4.33. The van der Waals surface area contributed by atoms with Gasteiger partial charge in [0.15, 0.2) is 0 Å². The topological polar surface area (TPSA) is 45.0 Å². The van der Waals surface area contributed by atoms with Crippen LogP contribution in [-0.4, -0.2) is 19.3 Å². The highest BCUT2D eigenvalue weighted by atomic mass is 16.5. The number of anilines is 1. The third-order valence-corrected chi connectivity index (χ3v) is 2.22. The van der Waals surface area contributed by atoms with Gasteiger partial charge in [-0.15, -0.1) is 0 Å². The highest BCUT2D eigenvalue weighted by molar-refractivity contribution is 5.45. The predicted molar refractivity (Wildman–Crippen MR) is 65.3 cm³/mol. The van der Waals surface area contributed by atoms with Crippen molar-refractivity contribution in [2.45, 2.75) is 26.3 Å². The zero-order valence-corrected chi connectivity index (χ0v) is 9.86. The molecule has 1 rings (SSSR count). The first kappa shape index (κ1) is 12.5. The van der Waals surface area contributed by atoms with Crippen LogP contribution in [0, 0.1) is 11.3 Å². The Labute approximate surface area is 97.0 Å². The third-order valence-electron chi connectivity index (χ3n) is 2.22. The fraction of sp³-hybridized carbons (Fsp3) is 0.462. The monoisotopic (exact) mass is 218 g/mol. The number of rotatable bonds is 6. The van der Waals surface area contributed by atoms with Gasteiger partial charge in [-0.3, -0.25) is 0 Å². The van der Waals surface area contributed by atoms with Gasteiger partial charge in [-0.25, -0.2) is 0 Å². The van der Waals surface area contributed by atoms with Crippen LogP contribution in [0.25, 0.3) is 0 Å². The Morgan fingerprint density at radius 2 is 2.06 bits per heavy atom. The lowest BCUT2D eigenvalue weighted by Crippen LogP contribution is -2.21. The van der Waals surface area contributed by atoms with E-state index in [0.717, 1.165) is 17.9 Å². The Kier molecular flexibility index (Phi) is 5.38. The molecule has 0 fully saturated rings. The van der Waals surface area contributed by atoms with E-state index in [1.54, 1.807) is 0 Å². The first-order valence-electron chi connectivity index (χ1n) is 5.56. The van der Waals surface area contributed by atoms with Crippen LogP contribution in [0.3, 0.4) is 0 Å². The van der Waals surface area contributed by atoms with Crippen molar-refractivity contribution < 1.29 is 4.74 Å². The fourth-order valence-corrected chi connectivity index (χ4v) is 1.43. The zero-order valence-electron chi connectivity index (χ0n) is 9.86. The van der Waals surface area contributed by atoms with Gasteiger partial charge in [0.05, 0.1) is 19.1 Å². The molecule has 16 heavy (non-hydrogen) atoms. The number of benzene rings is 1. The lowest BCUT2D eigenvalue weighted by Gasteiger charge is -2.15.